The second-order valence-corrected chi connectivity index (χ2v) is 6.69. The Kier molecular flexibility index (Phi) is 4.90. The van der Waals surface area contributed by atoms with Crippen LogP contribution in [-0.2, 0) is 9.63 Å². The number of benzene rings is 2. The smallest absolute Gasteiger partial charge is 0.268 e. The highest BCUT2D eigenvalue weighted by Gasteiger charge is 2.29. The Balaban J connectivity index is 1.65. The van der Waals surface area contributed by atoms with Gasteiger partial charge in [-0.15, -0.1) is 0 Å². The van der Waals surface area contributed by atoms with Crippen LogP contribution in [0.4, 0.5) is 5.69 Å². The van der Waals surface area contributed by atoms with Crippen molar-refractivity contribution < 1.29 is 9.63 Å². The first-order valence-electron chi connectivity index (χ1n) is 6.77. The number of halogens is 3. The molecule has 0 radical (unpaired) electrons. The maximum atomic E-state index is 12.3. The number of nitrogens with one attached hydrogen (secondary N) is 1. The van der Waals surface area contributed by atoms with Gasteiger partial charge in [0.25, 0.3) is 5.91 Å². The van der Waals surface area contributed by atoms with E-state index >= 15 is 0 Å². The van der Waals surface area contributed by atoms with Gasteiger partial charge in [0.05, 0.1) is 15.8 Å². The van der Waals surface area contributed by atoms with Crippen LogP contribution in [0.25, 0.3) is 0 Å². The lowest BCUT2D eigenvalue weighted by Crippen LogP contribution is -2.28. The van der Waals surface area contributed by atoms with E-state index in [0.717, 1.165) is 15.7 Å². The molecule has 2 aromatic rings. The molecule has 118 valence electrons. The molecule has 1 aliphatic heterocycles. The zero-order chi connectivity index (χ0) is 16.4. The number of carbonyl (C=O) groups is 1. The van der Waals surface area contributed by atoms with E-state index in [4.69, 9.17) is 28.0 Å². The second kappa shape index (κ2) is 6.91. The monoisotopic (exact) mass is 412 g/mol. The van der Waals surface area contributed by atoms with Gasteiger partial charge in [0.2, 0.25) is 6.10 Å². The van der Waals surface area contributed by atoms with Crippen LogP contribution in [0.2, 0.25) is 10.0 Å². The van der Waals surface area contributed by atoms with Gasteiger partial charge in [-0.05, 0) is 30.3 Å². The molecule has 0 aliphatic carbocycles. The van der Waals surface area contributed by atoms with Crippen molar-refractivity contribution in [2.24, 2.45) is 5.16 Å². The van der Waals surface area contributed by atoms with Gasteiger partial charge < -0.3 is 10.2 Å². The summed E-state index contributed by atoms with van der Waals surface area (Å²) in [5, 5.41) is 7.57. The number of nitrogens with zero attached hydrogens (tertiary/aromatic N) is 1. The van der Waals surface area contributed by atoms with Crippen LogP contribution in [0.1, 0.15) is 12.0 Å². The van der Waals surface area contributed by atoms with Gasteiger partial charge in [-0.1, -0.05) is 56.4 Å². The summed E-state index contributed by atoms with van der Waals surface area (Å²) in [7, 11) is 0. The highest BCUT2D eigenvalue weighted by molar-refractivity contribution is 9.10. The minimum atomic E-state index is -0.668. The first-order valence-corrected chi connectivity index (χ1v) is 8.32. The van der Waals surface area contributed by atoms with Gasteiger partial charge in [0.15, 0.2) is 0 Å². The highest BCUT2D eigenvalue weighted by atomic mass is 79.9. The molecule has 1 aliphatic rings. The predicted octanol–water partition coefficient (Wildman–Crippen LogP) is 4.89. The normalized spacial score (nSPS) is 16.7. The Morgan fingerprint density at radius 3 is 2.78 bits per heavy atom. The van der Waals surface area contributed by atoms with E-state index in [9.17, 15) is 4.79 Å². The van der Waals surface area contributed by atoms with E-state index in [1.165, 1.54) is 0 Å². The van der Waals surface area contributed by atoms with E-state index < -0.39 is 6.10 Å². The van der Waals surface area contributed by atoms with Crippen LogP contribution < -0.4 is 5.32 Å². The highest BCUT2D eigenvalue weighted by Crippen LogP contribution is 2.26. The molecule has 1 N–H and O–H groups in total. The van der Waals surface area contributed by atoms with Crippen molar-refractivity contribution >= 4 is 56.4 Å². The Hall–Kier alpha value is -1.56. The molecule has 3 rings (SSSR count). The molecule has 0 saturated heterocycles. The van der Waals surface area contributed by atoms with Crippen molar-refractivity contribution in [2.75, 3.05) is 5.32 Å². The topological polar surface area (TPSA) is 50.7 Å². The second-order valence-electron chi connectivity index (χ2n) is 4.96. The molecule has 4 nitrogen and oxygen atoms in total. The zero-order valence-electron chi connectivity index (χ0n) is 11.7. The van der Waals surface area contributed by atoms with Crippen molar-refractivity contribution in [3.8, 4) is 0 Å². The molecular formula is C16H11BrCl2N2O2. The molecule has 0 saturated carbocycles. The number of rotatable bonds is 3. The standard InChI is InChI=1S/C16H11BrCl2N2O2/c17-10-3-1-2-9(6-10)14-8-15(23-21-14)16(22)20-11-4-5-12(18)13(19)7-11/h1-7,15H,8H2,(H,20,22)/t15-/m1/s1. The summed E-state index contributed by atoms with van der Waals surface area (Å²) >= 11 is 15.2. The summed E-state index contributed by atoms with van der Waals surface area (Å²) in [6.45, 7) is 0. The molecule has 1 heterocycles. The number of hydrogen-bond donors (Lipinski definition) is 1. The lowest BCUT2D eigenvalue weighted by molar-refractivity contribution is -0.125. The minimum Gasteiger partial charge on any atom is -0.382 e. The van der Waals surface area contributed by atoms with Gasteiger partial charge in [-0.3, -0.25) is 4.79 Å². The van der Waals surface area contributed by atoms with E-state index in [2.05, 4.69) is 26.4 Å². The number of anilines is 1. The van der Waals surface area contributed by atoms with Crippen LogP contribution in [0.15, 0.2) is 52.1 Å². The number of carbonyl (C=O) groups excluding carboxylic acids is 1. The summed E-state index contributed by atoms with van der Waals surface area (Å²) in [4.78, 5) is 17.5. The maximum Gasteiger partial charge on any atom is 0.268 e. The molecule has 7 heteroatoms. The van der Waals surface area contributed by atoms with E-state index in [-0.39, 0.29) is 5.91 Å². The van der Waals surface area contributed by atoms with Gasteiger partial charge in [0, 0.05) is 22.1 Å². The summed E-state index contributed by atoms with van der Waals surface area (Å²) in [6.07, 6.45) is -0.262. The largest absolute Gasteiger partial charge is 0.382 e. The Morgan fingerprint density at radius 1 is 1.22 bits per heavy atom. The molecule has 2 aromatic carbocycles. The molecule has 23 heavy (non-hydrogen) atoms. The van der Waals surface area contributed by atoms with Crippen LogP contribution in [0.5, 0.6) is 0 Å². The fraction of sp³-hybridized carbons (Fsp3) is 0.125. The average molecular weight is 414 g/mol. The Bertz CT molecular complexity index is 795. The number of oxime groups is 1. The van der Waals surface area contributed by atoms with Gasteiger partial charge in [-0.2, -0.15) is 0 Å². The van der Waals surface area contributed by atoms with Crippen molar-refractivity contribution in [1.29, 1.82) is 0 Å². The van der Waals surface area contributed by atoms with E-state index in [0.29, 0.717) is 22.2 Å². The van der Waals surface area contributed by atoms with Crippen molar-refractivity contribution in [3.63, 3.8) is 0 Å². The summed E-state index contributed by atoms with van der Waals surface area (Å²) in [5.41, 5.74) is 2.22. The van der Waals surface area contributed by atoms with Gasteiger partial charge in [0.1, 0.15) is 0 Å². The van der Waals surface area contributed by atoms with Crippen LogP contribution in [0, 0.1) is 0 Å². The summed E-state index contributed by atoms with van der Waals surface area (Å²) in [5.74, 6) is -0.280. The van der Waals surface area contributed by atoms with Crippen LogP contribution in [0.3, 0.4) is 0 Å². The molecule has 1 amide bonds. The molecule has 0 fully saturated rings. The lowest BCUT2D eigenvalue weighted by atomic mass is 10.0. The molecule has 0 spiro atoms. The average Bonchev–Trinajstić information content (AvgIpc) is 3.01. The molecular weight excluding hydrogens is 403 g/mol. The molecule has 0 bridgehead atoms. The van der Waals surface area contributed by atoms with Crippen molar-refractivity contribution in [2.45, 2.75) is 12.5 Å². The molecule has 1 atom stereocenters. The zero-order valence-corrected chi connectivity index (χ0v) is 14.8. The SMILES string of the molecule is O=C(Nc1ccc(Cl)c(Cl)c1)[C@H]1CC(c2cccc(Br)c2)=NO1. The first kappa shape index (κ1) is 16.3. The summed E-state index contributed by atoms with van der Waals surface area (Å²) < 4.78 is 0.946. The fourth-order valence-corrected chi connectivity index (χ4v) is 2.85. The van der Waals surface area contributed by atoms with Crippen molar-refractivity contribution in [1.82, 2.24) is 0 Å². The summed E-state index contributed by atoms with van der Waals surface area (Å²) in [6, 6.07) is 12.6. The Labute approximate surface area is 151 Å². The first-order chi connectivity index (χ1) is 11.0. The third kappa shape index (κ3) is 3.86. The van der Waals surface area contributed by atoms with Crippen LogP contribution in [-0.4, -0.2) is 17.7 Å². The minimum absolute atomic E-state index is 0.280. The quantitative estimate of drug-likeness (QED) is 0.778. The van der Waals surface area contributed by atoms with Crippen molar-refractivity contribution in [3.05, 3.63) is 62.5 Å². The molecule has 0 aromatic heterocycles. The lowest BCUT2D eigenvalue weighted by Gasteiger charge is -2.10. The fourth-order valence-electron chi connectivity index (χ4n) is 2.15. The maximum absolute atomic E-state index is 12.3. The van der Waals surface area contributed by atoms with E-state index in [1.54, 1.807) is 18.2 Å². The Morgan fingerprint density at radius 2 is 2.04 bits per heavy atom. The molecule has 0 unspecified atom stereocenters. The van der Waals surface area contributed by atoms with E-state index in [1.807, 2.05) is 24.3 Å². The van der Waals surface area contributed by atoms with Gasteiger partial charge >= 0.3 is 0 Å². The van der Waals surface area contributed by atoms with Gasteiger partial charge in [-0.25, -0.2) is 0 Å². The number of amides is 1. The van der Waals surface area contributed by atoms with Crippen LogP contribution >= 0.6 is 39.1 Å². The third-order valence-electron chi connectivity index (χ3n) is 3.31. The number of hydrogen-bond acceptors (Lipinski definition) is 3. The predicted molar refractivity (Wildman–Crippen MR) is 95.3 cm³/mol. The third-order valence-corrected chi connectivity index (χ3v) is 4.54.